The van der Waals surface area contributed by atoms with E-state index in [2.05, 4.69) is 37.1 Å². The minimum atomic E-state index is 0.587. The number of aromatic nitrogens is 1. The molecule has 0 spiro atoms. The van der Waals surface area contributed by atoms with Crippen LogP contribution in [0.5, 0.6) is 0 Å². The molecule has 2 heteroatoms. The Morgan fingerprint density at radius 2 is 2.19 bits per heavy atom. The van der Waals surface area contributed by atoms with Crippen molar-refractivity contribution in [3.05, 3.63) is 30.1 Å². The van der Waals surface area contributed by atoms with E-state index in [1.807, 2.05) is 18.5 Å². The molecule has 16 heavy (non-hydrogen) atoms. The number of hydrogen-bond acceptors (Lipinski definition) is 2. The quantitative estimate of drug-likeness (QED) is 0.764. The fraction of sp³-hybridized carbons (Fsp3) is 0.643. The highest BCUT2D eigenvalue weighted by Crippen LogP contribution is 2.10. The number of nitrogens with one attached hydrogen (secondary N) is 1. The van der Waals surface area contributed by atoms with E-state index in [1.54, 1.807) is 0 Å². The Hall–Kier alpha value is -0.890. The van der Waals surface area contributed by atoms with Crippen LogP contribution in [0.25, 0.3) is 0 Å². The molecule has 1 aromatic heterocycles. The van der Waals surface area contributed by atoms with Gasteiger partial charge < -0.3 is 5.32 Å². The first-order chi connectivity index (χ1) is 7.72. The molecule has 1 aromatic rings. The maximum atomic E-state index is 4.17. The van der Waals surface area contributed by atoms with Gasteiger partial charge in [0.2, 0.25) is 0 Å². The van der Waals surface area contributed by atoms with Gasteiger partial charge in [0.15, 0.2) is 0 Å². The van der Waals surface area contributed by atoms with Crippen molar-refractivity contribution in [2.75, 3.05) is 6.54 Å². The van der Waals surface area contributed by atoms with E-state index in [4.69, 9.17) is 0 Å². The second-order valence-electron chi connectivity index (χ2n) is 4.85. The summed E-state index contributed by atoms with van der Waals surface area (Å²) in [6, 6.07) is 4.76. The van der Waals surface area contributed by atoms with E-state index in [9.17, 15) is 0 Å². The molecule has 0 radical (unpaired) electrons. The van der Waals surface area contributed by atoms with Crippen LogP contribution in [0, 0.1) is 5.92 Å². The first-order valence-electron chi connectivity index (χ1n) is 6.34. The lowest BCUT2D eigenvalue weighted by Gasteiger charge is -2.20. The van der Waals surface area contributed by atoms with Crippen molar-refractivity contribution < 1.29 is 0 Å². The molecule has 0 aliphatic heterocycles. The third-order valence-corrected chi connectivity index (χ3v) is 2.64. The van der Waals surface area contributed by atoms with Crippen LogP contribution in [0.1, 0.15) is 39.2 Å². The Balaban J connectivity index is 2.49. The second kappa shape index (κ2) is 7.39. The van der Waals surface area contributed by atoms with Gasteiger partial charge in [-0.15, -0.1) is 0 Å². The minimum absolute atomic E-state index is 0.587. The van der Waals surface area contributed by atoms with Gasteiger partial charge in [-0.3, -0.25) is 4.98 Å². The van der Waals surface area contributed by atoms with Crippen LogP contribution in [0.2, 0.25) is 0 Å². The topological polar surface area (TPSA) is 24.9 Å². The van der Waals surface area contributed by atoms with Crippen LogP contribution in [0.3, 0.4) is 0 Å². The summed E-state index contributed by atoms with van der Waals surface area (Å²) in [6.07, 6.45) is 7.32. The fourth-order valence-electron chi connectivity index (χ4n) is 1.96. The van der Waals surface area contributed by atoms with Gasteiger partial charge in [0.05, 0.1) is 0 Å². The molecule has 0 aliphatic carbocycles. The molecule has 0 bridgehead atoms. The molecule has 1 rings (SSSR count). The lowest BCUT2D eigenvalue weighted by atomic mass is 9.98. The molecule has 0 aliphatic rings. The molecule has 1 N–H and O–H groups in total. The smallest absolute Gasteiger partial charge is 0.0300 e. The predicted octanol–water partition coefficient (Wildman–Crippen LogP) is 3.04. The first kappa shape index (κ1) is 13.2. The molecule has 2 nitrogen and oxygen atoms in total. The zero-order valence-corrected chi connectivity index (χ0v) is 10.7. The summed E-state index contributed by atoms with van der Waals surface area (Å²) in [6.45, 7) is 7.88. The van der Waals surface area contributed by atoms with Gasteiger partial charge >= 0.3 is 0 Å². The zero-order chi connectivity index (χ0) is 11.8. The number of rotatable bonds is 7. The summed E-state index contributed by atoms with van der Waals surface area (Å²) in [5.41, 5.74) is 1.33. The van der Waals surface area contributed by atoms with E-state index >= 15 is 0 Å². The fourth-order valence-corrected chi connectivity index (χ4v) is 1.96. The van der Waals surface area contributed by atoms with Crippen LogP contribution in [-0.2, 0) is 6.42 Å². The van der Waals surface area contributed by atoms with Gasteiger partial charge in [-0.2, -0.15) is 0 Å². The lowest BCUT2D eigenvalue weighted by Crippen LogP contribution is -2.33. The zero-order valence-electron chi connectivity index (χ0n) is 10.7. The molecular weight excluding hydrogens is 196 g/mol. The number of pyridine rings is 1. The van der Waals surface area contributed by atoms with Crippen LogP contribution in [-0.4, -0.2) is 17.6 Å². The maximum Gasteiger partial charge on any atom is 0.0300 e. The second-order valence-corrected chi connectivity index (χ2v) is 4.85. The molecule has 1 atom stereocenters. The summed E-state index contributed by atoms with van der Waals surface area (Å²) >= 11 is 0. The molecule has 90 valence electrons. The monoisotopic (exact) mass is 220 g/mol. The van der Waals surface area contributed by atoms with Gasteiger partial charge in [0, 0.05) is 18.4 Å². The van der Waals surface area contributed by atoms with Crippen LogP contribution >= 0.6 is 0 Å². The number of nitrogens with zero attached hydrogens (tertiary/aromatic N) is 1. The summed E-state index contributed by atoms with van der Waals surface area (Å²) in [7, 11) is 0. The normalized spacial score (nSPS) is 13.0. The van der Waals surface area contributed by atoms with Gasteiger partial charge in [-0.25, -0.2) is 0 Å². The maximum absolute atomic E-state index is 4.17. The summed E-state index contributed by atoms with van der Waals surface area (Å²) in [5, 5.41) is 3.62. The minimum Gasteiger partial charge on any atom is -0.314 e. The highest BCUT2D eigenvalue weighted by molar-refractivity contribution is 5.10. The molecule has 0 saturated heterocycles. The molecule has 0 amide bonds. The molecule has 0 aromatic carbocycles. The molecule has 0 saturated carbocycles. The van der Waals surface area contributed by atoms with Crippen LogP contribution < -0.4 is 5.32 Å². The SMILES string of the molecule is CCCNC(Cc1cccnc1)CC(C)C. The van der Waals surface area contributed by atoms with Crippen molar-refractivity contribution >= 4 is 0 Å². The first-order valence-corrected chi connectivity index (χ1v) is 6.34. The average Bonchev–Trinajstić information content (AvgIpc) is 2.26. The Morgan fingerprint density at radius 3 is 2.75 bits per heavy atom. The van der Waals surface area contributed by atoms with E-state index in [-0.39, 0.29) is 0 Å². The third-order valence-electron chi connectivity index (χ3n) is 2.64. The van der Waals surface area contributed by atoms with Crippen molar-refractivity contribution in [3.8, 4) is 0 Å². The standard InChI is InChI=1S/C14H24N2/c1-4-7-16-14(9-12(2)3)10-13-6-5-8-15-11-13/h5-6,8,11-12,14,16H,4,7,9-10H2,1-3H3. The van der Waals surface area contributed by atoms with Gasteiger partial charge in [-0.1, -0.05) is 26.8 Å². The average molecular weight is 220 g/mol. The summed E-state index contributed by atoms with van der Waals surface area (Å²) < 4.78 is 0. The Bertz CT molecular complexity index is 269. The Kier molecular flexibility index (Phi) is 6.09. The van der Waals surface area contributed by atoms with Crippen LogP contribution in [0.4, 0.5) is 0 Å². The third kappa shape index (κ3) is 5.26. The van der Waals surface area contributed by atoms with E-state index in [0.29, 0.717) is 6.04 Å². The highest BCUT2D eigenvalue weighted by atomic mass is 14.9. The van der Waals surface area contributed by atoms with E-state index < -0.39 is 0 Å². The van der Waals surface area contributed by atoms with Crippen molar-refractivity contribution in [2.45, 2.75) is 46.1 Å². The Labute approximate surface area is 99.5 Å². The molecule has 1 heterocycles. The summed E-state index contributed by atoms with van der Waals surface area (Å²) in [4.78, 5) is 4.17. The molecule has 0 fully saturated rings. The highest BCUT2D eigenvalue weighted by Gasteiger charge is 2.10. The van der Waals surface area contributed by atoms with E-state index in [1.165, 1.54) is 18.4 Å². The lowest BCUT2D eigenvalue weighted by molar-refractivity contribution is 0.416. The molecule has 1 unspecified atom stereocenters. The van der Waals surface area contributed by atoms with Crippen molar-refractivity contribution in [1.82, 2.24) is 10.3 Å². The molecular formula is C14H24N2. The van der Waals surface area contributed by atoms with Crippen molar-refractivity contribution in [3.63, 3.8) is 0 Å². The van der Waals surface area contributed by atoms with Gasteiger partial charge in [-0.05, 0) is 43.4 Å². The van der Waals surface area contributed by atoms with Gasteiger partial charge in [0.1, 0.15) is 0 Å². The Morgan fingerprint density at radius 1 is 1.38 bits per heavy atom. The number of hydrogen-bond donors (Lipinski definition) is 1. The van der Waals surface area contributed by atoms with Crippen molar-refractivity contribution in [1.29, 1.82) is 0 Å². The summed E-state index contributed by atoms with van der Waals surface area (Å²) in [5.74, 6) is 0.742. The largest absolute Gasteiger partial charge is 0.314 e. The van der Waals surface area contributed by atoms with Crippen LogP contribution in [0.15, 0.2) is 24.5 Å². The van der Waals surface area contributed by atoms with E-state index in [0.717, 1.165) is 18.9 Å². The van der Waals surface area contributed by atoms with Gasteiger partial charge in [0.25, 0.3) is 0 Å². The predicted molar refractivity (Wildman–Crippen MR) is 69.5 cm³/mol. The van der Waals surface area contributed by atoms with Crippen molar-refractivity contribution in [2.24, 2.45) is 5.92 Å².